The molecule has 0 aliphatic rings. The number of nitrogens with zero attached hydrogens (tertiary/aromatic N) is 1. The Bertz CT molecular complexity index is 839. The molecule has 0 saturated carbocycles. The summed E-state index contributed by atoms with van der Waals surface area (Å²) in [6.07, 6.45) is 3.57. The van der Waals surface area contributed by atoms with Gasteiger partial charge in [-0.25, -0.2) is 4.98 Å². The van der Waals surface area contributed by atoms with E-state index in [1.165, 1.54) is 16.7 Å². The number of aromatic amines is 1. The van der Waals surface area contributed by atoms with Crippen molar-refractivity contribution in [3.05, 3.63) is 126 Å². The molecule has 0 aliphatic carbocycles. The van der Waals surface area contributed by atoms with Gasteiger partial charge >= 0.3 is 0 Å². The van der Waals surface area contributed by atoms with Crippen LogP contribution in [0.5, 0.6) is 0 Å². The van der Waals surface area contributed by atoms with Crippen molar-refractivity contribution in [2.24, 2.45) is 0 Å². The number of hydrogen-bond donors (Lipinski definition) is 2. The lowest BCUT2D eigenvalue weighted by atomic mass is 9.66. The first-order valence-electron chi connectivity index (χ1n) is 8.66. The van der Waals surface area contributed by atoms with Crippen molar-refractivity contribution in [2.45, 2.75) is 10.7 Å². The SMILES string of the molecule is SC(c1cnc[nH]1)C(c1ccccc1)(c1ccccc1)c1ccccc1. The van der Waals surface area contributed by atoms with Crippen molar-refractivity contribution in [3.63, 3.8) is 0 Å². The van der Waals surface area contributed by atoms with Crippen LogP contribution in [0.4, 0.5) is 0 Å². The van der Waals surface area contributed by atoms with Crippen LogP contribution in [-0.2, 0) is 5.41 Å². The summed E-state index contributed by atoms with van der Waals surface area (Å²) in [6, 6.07) is 31.7. The molecule has 0 saturated heterocycles. The van der Waals surface area contributed by atoms with Gasteiger partial charge in [-0.05, 0) is 16.7 Å². The van der Waals surface area contributed by atoms with E-state index in [4.69, 9.17) is 12.6 Å². The molecule has 26 heavy (non-hydrogen) atoms. The molecule has 0 aliphatic heterocycles. The largest absolute Gasteiger partial charge is 0.348 e. The quantitative estimate of drug-likeness (QED) is 0.363. The lowest BCUT2D eigenvalue weighted by molar-refractivity contribution is 0.594. The molecule has 1 aromatic heterocycles. The predicted molar refractivity (Wildman–Crippen MR) is 110 cm³/mol. The molecule has 0 radical (unpaired) electrons. The van der Waals surface area contributed by atoms with Gasteiger partial charge in [0.2, 0.25) is 0 Å². The Hall–Kier alpha value is -2.78. The zero-order valence-corrected chi connectivity index (χ0v) is 15.2. The molecule has 4 rings (SSSR count). The summed E-state index contributed by atoms with van der Waals surface area (Å²) >= 11 is 5.13. The van der Waals surface area contributed by atoms with Crippen molar-refractivity contribution < 1.29 is 0 Å². The van der Waals surface area contributed by atoms with E-state index in [0.29, 0.717) is 0 Å². The van der Waals surface area contributed by atoms with Crippen LogP contribution < -0.4 is 0 Å². The Morgan fingerprint density at radius 3 is 1.46 bits per heavy atom. The zero-order chi connectivity index (χ0) is 17.8. The zero-order valence-electron chi connectivity index (χ0n) is 14.3. The molecular weight excluding hydrogens is 336 g/mol. The molecule has 1 atom stereocenters. The van der Waals surface area contributed by atoms with E-state index >= 15 is 0 Å². The van der Waals surface area contributed by atoms with Gasteiger partial charge in [0.05, 0.1) is 17.0 Å². The van der Waals surface area contributed by atoms with Crippen LogP contribution in [0.2, 0.25) is 0 Å². The highest BCUT2D eigenvalue weighted by atomic mass is 32.1. The van der Waals surface area contributed by atoms with Crippen molar-refractivity contribution >= 4 is 12.6 Å². The topological polar surface area (TPSA) is 28.7 Å². The highest BCUT2D eigenvalue weighted by molar-refractivity contribution is 7.80. The van der Waals surface area contributed by atoms with Crippen LogP contribution in [0.3, 0.4) is 0 Å². The number of H-pyrrole nitrogens is 1. The summed E-state index contributed by atoms with van der Waals surface area (Å²) in [5.74, 6) is 0. The summed E-state index contributed by atoms with van der Waals surface area (Å²) in [5.41, 5.74) is 4.15. The first kappa shape index (κ1) is 16.7. The van der Waals surface area contributed by atoms with Gasteiger partial charge in [-0.15, -0.1) is 0 Å². The molecular formula is C23H20N2S. The second-order valence-electron chi connectivity index (χ2n) is 6.32. The Morgan fingerprint density at radius 2 is 1.12 bits per heavy atom. The highest BCUT2D eigenvalue weighted by Gasteiger charge is 2.43. The van der Waals surface area contributed by atoms with E-state index < -0.39 is 5.41 Å². The smallest absolute Gasteiger partial charge is 0.0922 e. The van der Waals surface area contributed by atoms with E-state index in [0.717, 1.165) is 5.69 Å². The van der Waals surface area contributed by atoms with Crippen LogP contribution in [0.25, 0.3) is 0 Å². The maximum absolute atomic E-state index is 5.13. The summed E-state index contributed by atoms with van der Waals surface area (Å²) in [4.78, 5) is 7.50. The summed E-state index contributed by atoms with van der Waals surface area (Å²) in [5, 5.41) is -0.128. The van der Waals surface area contributed by atoms with Crippen LogP contribution in [0.1, 0.15) is 27.6 Å². The minimum absolute atomic E-state index is 0.128. The summed E-state index contributed by atoms with van der Waals surface area (Å²) in [7, 11) is 0. The summed E-state index contributed by atoms with van der Waals surface area (Å²) < 4.78 is 0. The Labute approximate surface area is 159 Å². The molecule has 0 spiro atoms. The van der Waals surface area contributed by atoms with Crippen molar-refractivity contribution in [1.82, 2.24) is 9.97 Å². The molecule has 2 nitrogen and oxygen atoms in total. The fraction of sp³-hybridized carbons (Fsp3) is 0.0870. The van der Waals surface area contributed by atoms with Gasteiger partial charge in [-0.1, -0.05) is 91.0 Å². The van der Waals surface area contributed by atoms with E-state index in [9.17, 15) is 0 Å². The predicted octanol–water partition coefficient (Wildman–Crippen LogP) is 5.42. The fourth-order valence-corrected chi connectivity index (χ4v) is 4.31. The van der Waals surface area contributed by atoms with Crippen LogP contribution in [0, 0.1) is 0 Å². The average molecular weight is 356 g/mol. The van der Waals surface area contributed by atoms with Crippen molar-refractivity contribution in [3.8, 4) is 0 Å². The minimum atomic E-state index is -0.445. The van der Waals surface area contributed by atoms with E-state index in [2.05, 4.69) is 82.8 Å². The number of imidazole rings is 1. The molecule has 3 heteroatoms. The van der Waals surface area contributed by atoms with Gasteiger partial charge in [0.15, 0.2) is 0 Å². The van der Waals surface area contributed by atoms with Gasteiger partial charge in [0.1, 0.15) is 0 Å². The molecule has 4 aromatic rings. The molecule has 0 bridgehead atoms. The normalized spacial score (nSPS) is 12.7. The monoisotopic (exact) mass is 356 g/mol. The van der Waals surface area contributed by atoms with Crippen LogP contribution in [0.15, 0.2) is 104 Å². The molecule has 1 unspecified atom stereocenters. The molecule has 3 aromatic carbocycles. The van der Waals surface area contributed by atoms with Crippen LogP contribution in [-0.4, -0.2) is 9.97 Å². The van der Waals surface area contributed by atoms with Gasteiger partial charge in [0.25, 0.3) is 0 Å². The number of rotatable bonds is 5. The van der Waals surface area contributed by atoms with Gasteiger partial charge in [0, 0.05) is 11.9 Å². The number of benzene rings is 3. The van der Waals surface area contributed by atoms with Gasteiger partial charge < -0.3 is 4.98 Å². The first-order chi connectivity index (χ1) is 12.8. The van der Waals surface area contributed by atoms with E-state index in [-0.39, 0.29) is 5.25 Å². The molecule has 1 N–H and O–H groups in total. The van der Waals surface area contributed by atoms with Gasteiger partial charge in [-0.3, -0.25) is 0 Å². The Balaban J connectivity index is 2.07. The fourth-order valence-electron chi connectivity index (χ4n) is 3.73. The maximum Gasteiger partial charge on any atom is 0.0922 e. The number of hydrogen-bond acceptors (Lipinski definition) is 2. The Kier molecular flexibility index (Phi) is 4.63. The third-order valence-corrected chi connectivity index (χ3v) is 5.58. The maximum atomic E-state index is 5.13. The first-order valence-corrected chi connectivity index (χ1v) is 9.18. The molecule has 1 heterocycles. The lowest BCUT2D eigenvalue weighted by Gasteiger charge is -2.40. The second-order valence-corrected chi connectivity index (χ2v) is 6.83. The van der Waals surface area contributed by atoms with Crippen molar-refractivity contribution in [2.75, 3.05) is 0 Å². The molecule has 0 fully saturated rings. The average Bonchev–Trinajstić information content (AvgIpc) is 3.26. The van der Waals surface area contributed by atoms with E-state index in [1.807, 2.05) is 24.4 Å². The third-order valence-electron chi connectivity index (χ3n) is 4.91. The Morgan fingerprint density at radius 1 is 0.692 bits per heavy atom. The van der Waals surface area contributed by atoms with Gasteiger partial charge in [-0.2, -0.15) is 12.6 Å². The number of aromatic nitrogens is 2. The van der Waals surface area contributed by atoms with Crippen LogP contribution >= 0.6 is 12.6 Å². The molecule has 128 valence electrons. The lowest BCUT2D eigenvalue weighted by Crippen LogP contribution is -2.34. The second kappa shape index (κ2) is 7.22. The standard InChI is InChI=1S/C23H20N2S/c26-22(21-16-24-17-25-21)23(18-10-4-1-5-11-18,19-12-6-2-7-13-19)20-14-8-3-9-15-20/h1-17,22,26H,(H,24,25). The van der Waals surface area contributed by atoms with Crippen molar-refractivity contribution in [1.29, 1.82) is 0 Å². The highest BCUT2D eigenvalue weighted by Crippen LogP contribution is 2.50. The minimum Gasteiger partial charge on any atom is -0.348 e. The number of thiol groups is 1. The summed E-state index contributed by atoms with van der Waals surface area (Å²) in [6.45, 7) is 0. The molecule has 0 amide bonds. The number of nitrogens with one attached hydrogen (secondary N) is 1. The third kappa shape index (κ3) is 2.74. The van der Waals surface area contributed by atoms with E-state index in [1.54, 1.807) is 6.33 Å².